The number of hydrogen-bond acceptors (Lipinski definition) is 7. The number of nitrogens with zero attached hydrogens (tertiary/aromatic N) is 7. The van der Waals surface area contributed by atoms with E-state index in [1.54, 1.807) is 23.3 Å². The van der Waals surface area contributed by atoms with Gasteiger partial charge in [-0.05, 0) is 57.2 Å². The summed E-state index contributed by atoms with van der Waals surface area (Å²) in [6, 6.07) is 1.48. The molecule has 3 atom stereocenters. The molecule has 1 aromatic carbocycles. The highest BCUT2D eigenvalue weighted by Gasteiger charge is 2.49. The number of halogens is 4. The maximum Gasteiger partial charge on any atom is 0.417 e. The minimum atomic E-state index is -4.70. The van der Waals surface area contributed by atoms with Crippen LogP contribution in [0.4, 0.5) is 17.6 Å². The molecule has 0 saturated carbocycles. The second kappa shape index (κ2) is 10.3. The van der Waals surface area contributed by atoms with Gasteiger partial charge in [-0.25, -0.2) is 9.07 Å². The van der Waals surface area contributed by atoms with Gasteiger partial charge in [0.15, 0.2) is 11.9 Å². The van der Waals surface area contributed by atoms with Crippen LogP contribution in [0, 0.1) is 6.92 Å². The van der Waals surface area contributed by atoms with Crippen molar-refractivity contribution >= 4 is 33.0 Å². The summed E-state index contributed by atoms with van der Waals surface area (Å²) >= 11 is 0. The maximum absolute atomic E-state index is 14.8. The Kier molecular flexibility index (Phi) is 6.56. The maximum atomic E-state index is 14.8. The SMILES string of the molecule is Cc1cc2c(cnn2C2CCCCO2)c(-c2nn(C)c3c4c(=O)[nH]c(OC[C@@]56CCCN5C[C@H](F)C6)nc4n(C)c23)c1C(F)(F)F. The van der Waals surface area contributed by atoms with Gasteiger partial charge in [0.05, 0.1) is 28.3 Å². The Bertz CT molecular complexity index is 2070. The molecular formula is C31H34F4N8O3. The fraction of sp³-hybridized carbons (Fsp3) is 0.548. The molecule has 3 saturated heterocycles. The predicted octanol–water partition coefficient (Wildman–Crippen LogP) is 5.15. The van der Waals surface area contributed by atoms with Gasteiger partial charge in [-0.2, -0.15) is 28.4 Å². The number of H-pyrrole nitrogens is 1. The Morgan fingerprint density at radius 1 is 1.20 bits per heavy atom. The topological polar surface area (TPSA) is 108 Å². The summed E-state index contributed by atoms with van der Waals surface area (Å²) in [5.41, 5.74) is -0.380. The molecule has 1 N–H and O–H groups in total. The van der Waals surface area contributed by atoms with Crippen molar-refractivity contribution in [3.63, 3.8) is 0 Å². The van der Waals surface area contributed by atoms with Crippen LogP contribution in [0.1, 0.15) is 55.9 Å². The van der Waals surface area contributed by atoms with E-state index < -0.39 is 29.0 Å². The van der Waals surface area contributed by atoms with Gasteiger partial charge in [-0.3, -0.25) is 19.4 Å². The lowest BCUT2D eigenvalue weighted by molar-refractivity contribution is -0.137. The van der Waals surface area contributed by atoms with E-state index in [2.05, 4.69) is 25.1 Å². The van der Waals surface area contributed by atoms with Crippen LogP contribution in [0.2, 0.25) is 0 Å². The Balaban J connectivity index is 1.30. The normalized spacial score (nSPS) is 24.2. The Morgan fingerprint density at radius 3 is 2.78 bits per heavy atom. The summed E-state index contributed by atoms with van der Waals surface area (Å²) in [5.74, 6) is 0. The van der Waals surface area contributed by atoms with E-state index in [1.165, 1.54) is 23.9 Å². The summed E-state index contributed by atoms with van der Waals surface area (Å²) in [5, 5.41) is 9.55. The molecule has 0 bridgehead atoms. The van der Waals surface area contributed by atoms with Gasteiger partial charge in [0.2, 0.25) is 0 Å². The second-order valence-corrected chi connectivity index (χ2v) is 12.9. The molecule has 46 heavy (non-hydrogen) atoms. The third kappa shape index (κ3) is 4.30. The van der Waals surface area contributed by atoms with E-state index >= 15 is 0 Å². The largest absolute Gasteiger partial charge is 0.463 e. The molecule has 244 valence electrons. The molecule has 3 aliphatic heterocycles. The second-order valence-electron chi connectivity index (χ2n) is 12.9. The number of aromatic amines is 1. The van der Waals surface area contributed by atoms with E-state index in [0.717, 1.165) is 32.2 Å². The number of fused-ring (bicyclic) bond motifs is 5. The van der Waals surface area contributed by atoms with E-state index in [9.17, 15) is 22.4 Å². The highest BCUT2D eigenvalue weighted by Crippen LogP contribution is 2.46. The van der Waals surface area contributed by atoms with Crippen molar-refractivity contribution in [1.82, 2.24) is 39.0 Å². The molecule has 11 nitrogen and oxygen atoms in total. The van der Waals surface area contributed by atoms with Gasteiger partial charge in [0.25, 0.3) is 11.6 Å². The number of aromatic nitrogens is 7. The summed E-state index contributed by atoms with van der Waals surface area (Å²) in [7, 11) is 3.24. The number of aryl methyl sites for hydroxylation is 3. The molecule has 0 amide bonds. The highest BCUT2D eigenvalue weighted by molar-refractivity contribution is 6.12. The van der Waals surface area contributed by atoms with Crippen LogP contribution in [0.15, 0.2) is 17.1 Å². The van der Waals surface area contributed by atoms with Crippen molar-refractivity contribution in [3.8, 4) is 17.3 Å². The van der Waals surface area contributed by atoms with Crippen LogP contribution in [0.3, 0.4) is 0 Å². The van der Waals surface area contributed by atoms with Crippen molar-refractivity contribution in [2.75, 3.05) is 26.3 Å². The average Bonchev–Trinajstić information content (AvgIpc) is 3.79. The van der Waals surface area contributed by atoms with Crippen molar-refractivity contribution in [1.29, 1.82) is 0 Å². The van der Waals surface area contributed by atoms with Gasteiger partial charge in [0.1, 0.15) is 29.4 Å². The Labute approximate surface area is 260 Å². The van der Waals surface area contributed by atoms with Gasteiger partial charge >= 0.3 is 6.18 Å². The van der Waals surface area contributed by atoms with Crippen LogP contribution in [-0.2, 0) is 25.0 Å². The average molecular weight is 643 g/mol. The third-order valence-corrected chi connectivity index (χ3v) is 10.1. The van der Waals surface area contributed by atoms with Crippen molar-refractivity contribution in [3.05, 3.63) is 33.7 Å². The molecule has 15 heteroatoms. The zero-order chi connectivity index (χ0) is 32.1. The van der Waals surface area contributed by atoms with Crippen LogP contribution in [0.25, 0.3) is 44.2 Å². The Morgan fingerprint density at radius 2 is 2.02 bits per heavy atom. The molecule has 0 aliphatic carbocycles. The minimum Gasteiger partial charge on any atom is -0.463 e. The van der Waals surface area contributed by atoms with E-state index in [-0.39, 0.29) is 52.1 Å². The first-order chi connectivity index (χ1) is 22.0. The molecule has 8 rings (SSSR count). The van der Waals surface area contributed by atoms with Gasteiger partial charge in [0, 0.05) is 44.6 Å². The Hall–Kier alpha value is -3.98. The van der Waals surface area contributed by atoms with E-state index in [0.29, 0.717) is 42.5 Å². The van der Waals surface area contributed by atoms with Crippen LogP contribution in [-0.4, -0.2) is 77.0 Å². The first kappa shape index (κ1) is 29.4. The zero-order valence-corrected chi connectivity index (χ0v) is 25.7. The van der Waals surface area contributed by atoms with Crippen molar-refractivity contribution < 1.29 is 27.0 Å². The molecule has 7 heterocycles. The summed E-state index contributed by atoms with van der Waals surface area (Å²) in [6.45, 7) is 3.32. The smallest absolute Gasteiger partial charge is 0.417 e. The van der Waals surface area contributed by atoms with Crippen LogP contribution >= 0.6 is 0 Å². The lowest BCUT2D eigenvalue weighted by Crippen LogP contribution is -2.43. The predicted molar refractivity (Wildman–Crippen MR) is 161 cm³/mol. The van der Waals surface area contributed by atoms with E-state index in [1.807, 2.05) is 0 Å². The first-order valence-electron chi connectivity index (χ1n) is 15.6. The fourth-order valence-electron chi connectivity index (χ4n) is 8.08. The number of alkyl halides is 4. The number of rotatable bonds is 5. The summed E-state index contributed by atoms with van der Waals surface area (Å²) in [6.07, 6.45) is 0.0702. The molecule has 3 fully saturated rings. The minimum absolute atomic E-state index is 0.0240. The van der Waals surface area contributed by atoms with Gasteiger partial charge in [-0.15, -0.1) is 0 Å². The van der Waals surface area contributed by atoms with E-state index in [4.69, 9.17) is 9.47 Å². The molecule has 0 radical (unpaired) electrons. The van der Waals surface area contributed by atoms with Crippen LogP contribution in [0.5, 0.6) is 6.01 Å². The van der Waals surface area contributed by atoms with Gasteiger partial charge in [-0.1, -0.05) is 0 Å². The number of hydrogen-bond donors (Lipinski definition) is 1. The standard InChI is InChI=1S/C31H34F4N8O3/c1-16-11-19-18(13-36-43(19)20-7-4-5-10-45-20)21(23(16)31(33,34)35)24-26-25(41(3)39-24)22-27(40(26)2)37-29(38-28(22)44)46-15-30-8-6-9-42(30)14-17(32)12-30/h11,13,17,20H,4-10,12,14-15H2,1-3H3,(H,37,38,44)/t17-,20?,30+/m1/s1. The molecule has 5 aromatic rings. The summed E-state index contributed by atoms with van der Waals surface area (Å²) < 4.78 is 75.4. The first-order valence-corrected chi connectivity index (χ1v) is 15.6. The number of nitrogens with one attached hydrogen (secondary N) is 1. The monoisotopic (exact) mass is 642 g/mol. The van der Waals surface area contributed by atoms with Crippen molar-refractivity contribution in [2.24, 2.45) is 14.1 Å². The number of benzene rings is 1. The zero-order valence-electron chi connectivity index (χ0n) is 25.7. The van der Waals surface area contributed by atoms with Crippen molar-refractivity contribution in [2.45, 2.75) is 69.6 Å². The molecule has 4 aromatic heterocycles. The molecule has 0 spiro atoms. The fourth-order valence-corrected chi connectivity index (χ4v) is 8.08. The lowest BCUT2D eigenvalue weighted by atomic mass is 9.94. The molecule has 1 unspecified atom stereocenters. The lowest BCUT2D eigenvalue weighted by Gasteiger charge is -2.30. The number of ether oxygens (including phenoxy) is 2. The molecular weight excluding hydrogens is 608 g/mol. The highest BCUT2D eigenvalue weighted by atomic mass is 19.4. The third-order valence-electron chi connectivity index (χ3n) is 10.1. The van der Waals surface area contributed by atoms with Gasteiger partial charge < -0.3 is 14.0 Å². The van der Waals surface area contributed by atoms with Crippen LogP contribution < -0.4 is 10.3 Å². The molecule has 3 aliphatic rings. The summed E-state index contributed by atoms with van der Waals surface area (Å²) in [4.78, 5) is 23.0. The quantitative estimate of drug-likeness (QED) is 0.265.